The minimum absolute atomic E-state index is 0.236. The zero-order chi connectivity index (χ0) is 16.0. The van der Waals surface area contributed by atoms with Crippen molar-refractivity contribution in [2.75, 3.05) is 0 Å². The van der Waals surface area contributed by atoms with Crippen molar-refractivity contribution in [2.24, 2.45) is 7.05 Å². The Bertz CT molecular complexity index is 697. The molecule has 0 bridgehead atoms. The number of rotatable bonds is 4. The third-order valence-corrected chi connectivity index (χ3v) is 5.23. The van der Waals surface area contributed by atoms with E-state index in [2.05, 4.69) is 49.4 Å². The van der Waals surface area contributed by atoms with Gasteiger partial charge in [-0.15, -0.1) is 0 Å². The first-order valence-electron chi connectivity index (χ1n) is 8.40. The molecule has 3 heteroatoms. The normalized spacial score (nSPS) is 16.7. The Labute approximate surface area is 133 Å². The fourth-order valence-electron chi connectivity index (χ4n) is 3.60. The highest BCUT2D eigenvalue weighted by Gasteiger charge is 2.23. The van der Waals surface area contributed by atoms with Crippen LogP contribution < -0.4 is 0 Å². The lowest BCUT2D eigenvalue weighted by Crippen LogP contribution is -2.24. The molecule has 1 aliphatic rings. The topological polar surface area (TPSA) is 28.4 Å². The van der Waals surface area contributed by atoms with Crippen LogP contribution >= 0.6 is 0 Å². The van der Waals surface area contributed by atoms with Gasteiger partial charge in [-0.3, -0.25) is 4.90 Å². The number of aliphatic hydroxyl groups excluding tert-OH is 1. The van der Waals surface area contributed by atoms with E-state index in [-0.39, 0.29) is 6.10 Å². The van der Waals surface area contributed by atoms with Crippen molar-refractivity contribution < 1.29 is 5.11 Å². The van der Waals surface area contributed by atoms with Crippen LogP contribution in [0.3, 0.4) is 0 Å². The van der Waals surface area contributed by atoms with Crippen LogP contribution in [0.25, 0.3) is 10.9 Å². The lowest BCUT2D eigenvalue weighted by molar-refractivity contribution is 0.185. The predicted octanol–water partition coefficient (Wildman–Crippen LogP) is 3.52. The number of aliphatic hydroxyl groups is 1. The highest BCUT2D eigenvalue weighted by atomic mass is 16.3. The summed E-state index contributed by atoms with van der Waals surface area (Å²) in [6.07, 6.45) is 1.54. The fourth-order valence-corrected chi connectivity index (χ4v) is 3.60. The van der Waals surface area contributed by atoms with Gasteiger partial charge in [0.2, 0.25) is 0 Å². The molecule has 0 amide bonds. The van der Waals surface area contributed by atoms with Gasteiger partial charge in [-0.2, -0.15) is 0 Å². The summed E-state index contributed by atoms with van der Waals surface area (Å²) in [5.41, 5.74) is 7.03. The molecule has 2 aromatic rings. The third-order valence-electron chi connectivity index (χ3n) is 5.23. The Morgan fingerprint density at radius 3 is 2.36 bits per heavy atom. The van der Waals surface area contributed by atoms with E-state index in [9.17, 15) is 5.11 Å². The Morgan fingerprint density at radius 2 is 1.77 bits per heavy atom. The first-order valence-corrected chi connectivity index (χ1v) is 8.40. The maximum atomic E-state index is 9.62. The summed E-state index contributed by atoms with van der Waals surface area (Å²) in [5.74, 6) is 0. The van der Waals surface area contributed by atoms with E-state index < -0.39 is 0 Å². The van der Waals surface area contributed by atoms with Crippen LogP contribution in [0.4, 0.5) is 0 Å². The van der Waals surface area contributed by atoms with E-state index in [1.54, 1.807) is 0 Å². The van der Waals surface area contributed by atoms with E-state index >= 15 is 0 Å². The summed E-state index contributed by atoms with van der Waals surface area (Å²) in [4.78, 5) is 2.52. The molecule has 0 saturated heterocycles. The van der Waals surface area contributed by atoms with Gasteiger partial charge in [-0.05, 0) is 69.4 Å². The van der Waals surface area contributed by atoms with E-state index in [4.69, 9.17) is 0 Å². The molecule has 1 N–H and O–H groups in total. The average Bonchev–Trinajstić information content (AvgIpc) is 2.96. The highest BCUT2D eigenvalue weighted by Crippen LogP contribution is 2.33. The number of hydrogen-bond acceptors (Lipinski definition) is 2. The maximum Gasteiger partial charge on any atom is 0.0515 e. The molecular weight excluding hydrogens is 272 g/mol. The number of hydrogen-bond donors (Lipinski definition) is 1. The minimum Gasteiger partial charge on any atom is -0.393 e. The number of aryl methyl sites for hydroxylation is 2. The van der Waals surface area contributed by atoms with E-state index in [0.717, 1.165) is 25.9 Å². The molecule has 0 radical (unpaired) electrons. The van der Waals surface area contributed by atoms with Crippen molar-refractivity contribution in [1.29, 1.82) is 0 Å². The van der Waals surface area contributed by atoms with Gasteiger partial charge in [0.1, 0.15) is 0 Å². The molecule has 120 valence electrons. The standard InChI is InChI=1S/C19H28N2O/c1-12(2)21-10-15-8-18-17(7-6-13(3)22)14(4)20(5)19(18)9-16(15)11-21/h8-9,12-13,22H,6-7,10-11H2,1-5H3. The van der Waals surface area contributed by atoms with Crippen LogP contribution in [-0.4, -0.2) is 26.7 Å². The van der Waals surface area contributed by atoms with Crippen molar-refractivity contribution in [1.82, 2.24) is 9.47 Å². The second-order valence-electron chi connectivity index (χ2n) is 7.15. The average molecular weight is 300 g/mol. The molecule has 1 aromatic carbocycles. The van der Waals surface area contributed by atoms with Gasteiger partial charge in [-0.1, -0.05) is 0 Å². The molecule has 0 fully saturated rings. The molecule has 0 saturated carbocycles. The second kappa shape index (κ2) is 5.71. The van der Waals surface area contributed by atoms with Gasteiger partial charge in [-0.25, -0.2) is 0 Å². The van der Waals surface area contributed by atoms with E-state index in [0.29, 0.717) is 6.04 Å². The van der Waals surface area contributed by atoms with Crippen LogP contribution in [0.2, 0.25) is 0 Å². The maximum absolute atomic E-state index is 9.62. The van der Waals surface area contributed by atoms with Gasteiger partial charge in [0, 0.05) is 42.8 Å². The predicted molar refractivity (Wildman–Crippen MR) is 92.0 cm³/mol. The molecule has 1 aliphatic heterocycles. The first kappa shape index (κ1) is 15.6. The van der Waals surface area contributed by atoms with E-state index in [1.165, 1.54) is 33.3 Å². The van der Waals surface area contributed by atoms with Crippen LogP contribution in [0.5, 0.6) is 0 Å². The van der Waals surface area contributed by atoms with Crippen molar-refractivity contribution in [3.8, 4) is 0 Å². The quantitative estimate of drug-likeness (QED) is 0.936. The summed E-state index contributed by atoms with van der Waals surface area (Å²) in [5, 5.41) is 11.0. The Kier molecular flexibility index (Phi) is 4.04. The summed E-state index contributed by atoms with van der Waals surface area (Å²) in [7, 11) is 2.16. The van der Waals surface area contributed by atoms with Gasteiger partial charge in [0.15, 0.2) is 0 Å². The lowest BCUT2D eigenvalue weighted by Gasteiger charge is -2.18. The smallest absolute Gasteiger partial charge is 0.0515 e. The largest absolute Gasteiger partial charge is 0.393 e. The number of benzene rings is 1. The van der Waals surface area contributed by atoms with Crippen LogP contribution in [0.1, 0.15) is 49.6 Å². The number of aromatic nitrogens is 1. The van der Waals surface area contributed by atoms with Gasteiger partial charge < -0.3 is 9.67 Å². The monoisotopic (exact) mass is 300 g/mol. The van der Waals surface area contributed by atoms with Gasteiger partial charge in [0.05, 0.1) is 6.10 Å². The summed E-state index contributed by atoms with van der Waals surface area (Å²) >= 11 is 0. The third kappa shape index (κ3) is 2.57. The van der Waals surface area contributed by atoms with Crippen LogP contribution in [-0.2, 0) is 26.6 Å². The molecule has 2 heterocycles. The fraction of sp³-hybridized carbons (Fsp3) is 0.579. The lowest BCUT2D eigenvalue weighted by atomic mass is 10.0. The summed E-state index contributed by atoms with van der Waals surface area (Å²) < 4.78 is 2.31. The molecule has 1 atom stereocenters. The zero-order valence-electron chi connectivity index (χ0n) is 14.5. The second-order valence-corrected chi connectivity index (χ2v) is 7.15. The Morgan fingerprint density at radius 1 is 1.14 bits per heavy atom. The van der Waals surface area contributed by atoms with Crippen molar-refractivity contribution >= 4 is 10.9 Å². The molecule has 1 unspecified atom stereocenters. The van der Waals surface area contributed by atoms with E-state index in [1.807, 2.05) is 6.92 Å². The Hall–Kier alpha value is -1.32. The van der Waals surface area contributed by atoms with Gasteiger partial charge in [0.25, 0.3) is 0 Å². The van der Waals surface area contributed by atoms with Crippen LogP contribution in [0, 0.1) is 6.92 Å². The van der Waals surface area contributed by atoms with Crippen molar-refractivity contribution in [3.05, 3.63) is 34.5 Å². The number of fused-ring (bicyclic) bond motifs is 2. The molecular formula is C19H28N2O. The molecule has 1 aromatic heterocycles. The Balaban J connectivity index is 2.04. The molecule has 3 rings (SSSR count). The SMILES string of the molecule is Cc1c(CCC(C)O)c2cc3c(cc2n1C)CN(C(C)C)C3. The molecule has 3 nitrogen and oxygen atoms in total. The molecule has 0 spiro atoms. The first-order chi connectivity index (χ1) is 10.4. The van der Waals surface area contributed by atoms with Crippen molar-refractivity contribution in [2.45, 2.75) is 65.8 Å². The zero-order valence-corrected chi connectivity index (χ0v) is 14.5. The minimum atomic E-state index is -0.236. The summed E-state index contributed by atoms with van der Waals surface area (Å²) in [6, 6.07) is 5.37. The molecule has 22 heavy (non-hydrogen) atoms. The van der Waals surface area contributed by atoms with Gasteiger partial charge >= 0.3 is 0 Å². The molecule has 0 aliphatic carbocycles. The number of nitrogens with zero attached hydrogens (tertiary/aromatic N) is 2. The summed E-state index contributed by atoms with van der Waals surface area (Å²) in [6.45, 7) is 10.7. The van der Waals surface area contributed by atoms with Crippen LogP contribution in [0.15, 0.2) is 12.1 Å². The highest BCUT2D eigenvalue weighted by molar-refractivity contribution is 5.87. The van der Waals surface area contributed by atoms with Crippen molar-refractivity contribution in [3.63, 3.8) is 0 Å².